The highest BCUT2D eigenvalue weighted by Gasteiger charge is 2.26. The van der Waals surface area contributed by atoms with Gasteiger partial charge in [-0.2, -0.15) is 0 Å². The number of aromatic nitrogens is 1. The maximum atomic E-state index is 13.1. The Kier molecular flexibility index (Phi) is 7.35. The maximum Gasteiger partial charge on any atom is 0.273 e. The summed E-state index contributed by atoms with van der Waals surface area (Å²) in [6, 6.07) is 7.08. The number of benzene rings is 1. The van der Waals surface area contributed by atoms with E-state index in [1.54, 1.807) is 0 Å². The van der Waals surface area contributed by atoms with E-state index < -0.39 is 4.92 Å². The number of amides is 2. The van der Waals surface area contributed by atoms with Crippen LogP contribution in [0.3, 0.4) is 0 Å². The van der Waals surface area contributed by atoms with Crippen molar-refractivity contribution < 1.29 is 23.8 Å². The topological polar surface area (TPSA) is 128 Å². The molecule has 1 aliphatic rings. The van der Waals surface area contributed by atoms with E-state index in [1.807, 2.05) is 13.8 Å². The van der Waals surface area contributed by atoms with Gasteiger partial charge in [0.15, 0.2) is 11.5 Å². The van der Waals surface area contributed by atoms with Gasteiger partial charge in [-0.05, 0) is 24.8 Å². The van der Waals surface area contributed by atoms with Crippen molar-refractivity contribution >= 4 is 17.5 Å². The third-order valence-electron chi connectivity index (χ3n) is 4.85. The average Bonchev–Trinajstić information content (AvgIpc) is 3.43. The zero-order chi connectivity index (χ0) is 22.4. The van der Waals surface area contributed by atoms with Gasteiger partial charge in [0, 0.05) is 43.5 Å². The molecule has 1 aromatic carbocycles. The minimum atomic E-state index is -0.542. The van der Waals surface area contributed by atoms with Gasteiger partial charge in [-0.15, -0.1) is 0 Å². The van der Waals surface area contributed by atoms with Crippen LogP contribution in [0.4, 0.5) is 5.69 Å². The summed E-state index contributed by atoms with van der Waals surface area (Å²) in [5.74, 6) is -0.1000. The minimum absolute atomic E-state index is 0.0614. The predicted octanol–water partition coefficient (Wildman–Crippen LogP) is 2.79. The van der Waals surface area contributed by atoms with Gasteiger partial charge in [0.05, 0.1) is 17.6 Å². The second kappa shape index (κ2) is 10.2. The van der Waals surface area contributed by atoms with Crippen molar-refractivity contribution in [2.45, 2.75) is 39.3 Å². The number of nitro groups is 1. The number of hydrogen-bond donors (Lipinski definition) is 1. The van der Waals surface area contributed by atoms with Crippen LogP contribution in [0.2, 0.25) is 0 Å². The molecule has 2 heterocycles. The maximum absolute atomic E-state index is 13.1. The van der Waals surface area contributed by atoms with Crippen LogP contribution in [0, 0.1) is 16.0 Å². The van der Waals surface area contributed by atoms with Crippen molar-refractivity contribution in [3.05, 3.63) is 57.5 Å². The Hall–Kier alpha value is -3.27. The molecule has 10 nitrogen and oxygen atoms in total. The van der Waals surface area contributed by atoms with Crippen molar-refractivity contribution in [1.29, 1.82) is 0 Å². The van der Waals surface area contributed by atoms with E-state index in [0.29, 0.717) is 31.4 Å². The number of carbonyl (C=O) groups excluding carboxylic acids is 2. The van der Waals surface area contributed by atoms with Gasteiger partial charge >= 0.3 is 0 Å². The van der Waals surface area contributed by atoms with Crippen LogP contribution in [0.5, 0.6) is 0 Å². The molecule has 1 aromatic heterocycles. The zero-order valence-electron chi connectivity index (χ0n) is 17.6. The summed E-state index contributed by atoms with van der Waals surface area (Å²) in [6.45, 7) is 5.47. The standard InChI is InChI=1S/C21H26N4O6/c1-14(2)11-22-20(26)19-10-18(31-23-19)13-24(12-17-7-4-8-30-17)21(27)15-5-3-6-16(9-15)25(28)29/h3,5-6,9-10,14,17H,4,7-8,11-13H2,1-2H3,(H,22,26). The normalized spacial score (nSPS) is 15.8. The molecule has 0 aliphatic carbocycles. The van der Waals surface area contributed by atoms with E-state index >= 15 is 0 Å². The molecule has 1 atom stereocenters. The van der Waals surface area contributed by atoms with Crippen molar-refractivity contribution in [3.63, 3.8) is 0 Å². The lowest BCUT2D eigenvalue weighted by molar-refractivity contribution is -0.384. The van der Waals surface area contributed by atoms with Gasteiger partial charge in [0.25, 0.3) is 17.5 Å². The Labute approximate surface area is 179 Å². The van der Waals surface area contributed by atoms with Crippen LogP contribution in [-0.4, -0.2) is 52.6 Å². The Morgan fingerprint density at radius 3 is 2.84 bits per heavy atom. The predicted molar refractivity (Wildman–Crippen MR) is 110 cm³/mol. The van der Waals surface area contributed by atoms with Gasteiger partial charge in [-0.25, -0.2) is 0 Å². The Bertz CT molecular complexity index is 935. The van der Waals surface area contributed by atoms with Gasteiger partial charge in [0.1, 0.15) is 0 Å². The van der Waals surface area contributed by atoms with Gasteiger partial charge < -0.3 is 19.5 Å². The molecule has 0 spiro atoms. The molecule has 1 fully saturated rings. The van der Waals surface area contributed by atoms with Crippen LogP contribution in [0.25, 0.3) is 0 Å². The number of rotatable bonds is 9. The zero-order valence-corrected chi connectivity index (χ0v) is 17.6. The summed E-state index contributed by atoms with van der Waals surface area (Å²) in [5.41, 5.74) is 0.170. The fraction of sp³-hybridized carbons (Fsp3) is 0.476. The van der Waals surface area contributed by atoms with Crippen molar-refractivity contribution in [1.82, 2.24) is 15.4 Å². The highest BCUT2D eigenvalue weighted by molar-refractivity contribution is 5.95. The second-order valence-corrected chi connectivity index (χ2v) is 7.91. The van der Waals surface area contributed by atoms with Crippen LogP contribution >= 0.6 is 0 Å². The Morgan fingerprint density at radius 1 is 1.35 bits per heavy atom. The molecular weight excluding hydrogens is 404 g/mol. The van der Waals surface area contributed by atoms with E-state index in [1.165, 1.54) is 35.2 Å². The Balaban J connectivity index is 1.76. The van der Waals surface area contributed by atoms with Crippen LogP contribution < -0.4 is 5.32 Å². The van der Waals surface area contributed by atoms with E-state index in [4.69, 9.17) is 9.26 Å². The fourth-order valence-corrected chi connectivity index (χ4v) is 3.26. The van der Waals surface area contributed by atoms with Crippen LogP contribution in [-0.2, 0) is 11.3 Å². The lowest BCUT2D eigenvalue weighted by Gasteiger charge is -2.24. The lowest BCUT2D eigenvalue weighted by Crippen LogP contribution is -2.36. The van der Waals surface area contributed by atoms with Gasteiger partial charge in [0.2, 0.25) is 0 Å². The minimum Gasteiger partial charge on any atom is -0.376 e. The molecule has 10 heteroatoms. The summed E-state index contributed by atoms with van der Waals surface area (Å²) in [7, 11) is 0. The SMILES string of the molecule is CC(C)CNC(=O)c1cc(CN(CC2CCCO2)C(=O)c2cccc([N+](=O)[O-])c2)on1. The summed E-state index contributed by atoms with van der Waals surface area (Å²) in [5, 5.41) is 17.6. The molecule has 2 aromatic rings. The largest absolute Gasteiger partial charge is 0.376 e. The van der Waals surface area contributed by atoms with Gasteiger partial charge in [-0.1, -0.05) is 25.1 Å². The molecule has 166 valence electrons. The molecule has 0 radical (unpaired) electrons. The smallest absolute Gasteiger partial charge is 0.273 e. The number of hydrogen-bond acceptors (Lipinski definition) is 7. The third kappa shape index (κ3) is 6.11. The quantitative estimate of drug-likeness (QED) is 0.478. The molecule has 1 saturated heterocycles. The van der Waals surface area contributed by atoms with E-state index in [2.05, 4.69) is 10.5 Å². The number of non-ortho nitro benzene ring substituents is 1. The second-order valence-electron chi connectivity index (χ2n) is 7.91. The first-order valence-corrected chi connectivity index (χ1v) is 10.2. The summed E-state index contributed by atoms with van der Waals surface area (Å²) in [4.78, 5) is 37.4. The van der Waals surface area contributed by atoms with E-state index in [-0.39, 0.29) is 41.4 Å². The molecule has 31 heavy (non-hydrogen) atoms. The molecule has 0 saturated carbocycles. The summed E-state index contributed by atoms with van der Waals surface area (Å²) >= 11 is 0. The molecule has 3 rings (SSSR count). The fourth-order valence-electron chi connectivity index (χ4n) is 3.26. The Morgan fingerprint density at radius 2 is 2.16 bits per heavy atom. The number of nitrogens with zero attached hydrogens (tertiary/aromatic N) is 3. The first kappa shape index (κ1) is 22.4. The first-order chi connectivity index (χ1) is 14.8. The first-order valence-electron chi connectivity index (χ1n) is 10.2. The molecule has 0 bridgehead atoms. The van der Waals surface area contributed by atoms with Gasteiger partial charge in [-0.3, -0.25) is 19.7 Å². The van der Waals surface area contributed by atoms with E-state index in [9.17, 15) is 19.7 Å². The van der Waals surface area contributed by atoms with E-state index in [0.717, 1.165) is 12.8 Å². The third-order valence-corrected chi connectivity index (χ3v) is 4.85. The number of nitro benzene ring substituents is 1. The number of nitrogens with one attached hydrogen (secondary N) is 1. The monoisotopic (exact) mass is 430 g/mol. The molecule has 2 amide bonds. The highest BCUT2D eigenvalue weighted by atomic mass is 16.6. The summed E-state index contributed by atoms with van der Waals surface area (Å²) in [6.07, 6.45) is 1.60. The van der Waals surface area contributed by atoms with Crippen LogP contribution in [0.1, 0.15) is 53.3 Å². The lowest BCUT2D eigenvalue weighted by atomic mass is 10.1. The van der Waals surface area contributed by atoms with Crippen molar-refractivity contribution in [2.75, 3.05) is 19.7 Å². The number of ether oxygens (including phenoxy) is 1. The summed E-state index contributed by atoms with van der Waals surface area (Å²) < 4.78 is 10.9. The average molecular weight is 430 g/mol. The van der Waals surface area contributed by atoms with Crippen molar-refractivity contribution in [2.24, 2.45) is 5.92 Å². The number of carbonyl (C=O) groups is 2. The molecule has 1 N–H and O–H groups in total. The molecule has 1 unspecified atom stereocenters. The van der Waals surface area contributed by atoms with Crippen molar-refractivity contribution in [3.8, 4) is 0 Å². The highest BCUT2D eigenvalue weighted by Crippen LogP contribution is 2.20. The molecular formula is C21H26N4O6. The van der Waals surface area contributed by atoms with Crippen LogP contribution in [0.15, 0.2) is 34.9 Å². The molecule has 1 aliphatic heterocycles.